The van der Waals surface area contributed by atoms with Gasteiger partial charge in [0.15, 0.2) is 0 Å². The lowest BCUT2D eigenvalue weighted by Gasteiger charge is -2.08. The minimum absolute atomic E-state index is 0.810. The smallest absolute Gasteiger partial charge is 0.122 e. The molecule has 0 unspecified atom stereocenters. The molecule has 22 heavy (non-hydrogen) atoms. The molecule has 0 N–H and O–H groups in total. The quantitative estimate of drug-likeness (QED) is 0.741. The van der Waals surface area contributed by atoms with E-state index in [-0.39, 0.29) is 0 Å². The highest BCUT2D eigenvalue weighted by molar-refractivity contribution is 5.58. The minimum atomic E-state index is 0.810. The molecule has 0 radical (unpaired) electrons. The van der Waals surface area contributed by atoms with Gasteiger partial charge in [0.1, 0.15) is 5.75 Å². The van der Waals surface area contributed by atoms with E-state index in [2.05, 4.69) is 33.0 Å². The number of hydrogen-bond donors (Lipinski definition) is 0. The summed E-state index contributed by atoms with van der Waals surface area (Å²) in [6, 6.07) is 12.6. The Labute approximate surface area is 129 Å². The molecule has 0 bridgehead atoms. The van der Waals surface area contributed by atoms with Crippen LogP contribution in [0.2, 0.25) is 0 Å². The fraction of sp³-hybridized carbons (Fsp3) is 0.222. The van der Waals surface area contributed by atoms with Crippen molar-refractivity contribution >= 4 is 0 Å². The summed E-state index contributed by atoms with van der Waals surface area (Å²) in [5.74, 6) is 1.04. The molecule has 3 heterocycles. The summed E-state index contributed by atoms with van der Waals surface area (Å²) in [6.07, 6.45) is 7.47. The SMILES string of the molecule is c1cc(-c2ccnn2CCc2ccc3c(c2)CCO3)ccn1. The van der Waals surface area contributed by atoms with E-state index in [0.717, 1.165) is 43.0 Å². The third-order valence-electron chi connectivity index (χ3n) is 4.06. The van der Waals surface area contributed by atoms with Gasteiger partial charge in [-0.3, -0.25) is 9.67 Å². The van der Waals surface area contributed by atoms with Crippen LogP contribution in [0.1, 0.15) is 11.1 Å². The van der Waals surface area contributed by atoms with E-state index in [9.17, 15) is 0 Å². The van der Waals surface area contributed by atoms with Gasteiger partial charge >= 0.3 is 0 Å². The molecule has 4 heteroatoms. The van der Waals surface area contributed by atoms with E-state index in [1.54, 1.807) is 0 Å². The maximum Gasteiger partial charge on any atom is 0.122 e. The fourth-order valence-corrected chi connectivity index (χ4v) is 2.91. The van der Waals surface area contributed by atoms with Crippen molar-refractivity contribution < 1.29 is 4.74 Å². The number of fused-ring (bicyclic) bond motifs is 1. The first kappa shape index (κ1) is 13.1. The molecule has 0 atom stereocenters. The molecule has 1 aliphatic rings. The molecule has 4 rings (SSSR count). The highest BCUT2D eigenvalue weighted by atomic mass is 16.5. The Bertz CT molecular complexity index is 780. The monoisotopic (exact) mass is 291 g/mol. The van der Waals surface area contributed by atoms with Gasteiger partial charge in [0.05, 0.1) is 12.3 Å². The molecule has 0 amide bonds. The van der Waals surface area contributed by atoms with Gasteiger partial charge in [0, 0.05) is 37.1 Å². The molecule has 0 aliphatic carbocycles. The number of nitrogens with zero attached hydrogens (tertiary/aromatic N) is 3. The number of benzene rings is 1. The van der Waals surface area contributed by atoms with Crippen LogP contribution in [-0.4, -0.2) is 21.4 Å². The lowest BCUT2D eigenvalue weighted by Crippen LogP contribution is -2.05. The van der Waals surface area contributed by atoms with Gasteiger partial charge in [0.2, 0.25) is 0 Å². The zero-order valence-corrected chi connectivity index (χ0v) is 12.3. The summed E-state index contributed by atoms with van der Waals surface area (Å²) in [4.78, 5) is 4.07. The molecule has 4 nitrogen and oxygen atoms in total. The van der Waals surface area contributed by atoms with Crippen LogP contribution in [0.15, 0.2) is 55.0 Å². The number of aryl methyl sites for hydroxylation is 2. The molecular formula is C18H17N3O. The third-order valence-corrected chi connectivity index (χ3v) is 4.06. The molecule has 0 saturated heterocycles. The largest absolute Gasteiger partial charge is 0.493 e. The van der Waals surface area contributed by atoms with Crippen LogP contribution in [0, 0.1) is 0 Å². The van der Waals surface area contributed by atoms with Gasteiger partial charge in [-0.05, 0) is 41.8 Å². The molecule has 0 saturated carbocycles. The summed E-state index contributed by atoms with van der Waals surface area (Å²) in [7, 11) is 0. The highest BCUT2D eigenvalue weighted by Gasteiger charge is 2.12. The van der Waals surface area contributed by atoms with E-state index in [0.29, 0.717) is 0 Å². The molecule has 0 spiro atoms. The average Bonchev–Trinajstić information content (AvgIpc) is 3.22. The first-order valence-electron chi connectivity index (χ1n) is 7.57. The van der Waals surface area contributed by atoms with Crippen molar-refractivity contribution in [3.8, 4) is 17.0 Å². The van der Waals surface area contributed by atoms with E-state index < -0.39 is 0 Å². The van der Waals surface area contributed by atoms with Crippen molar-refractivity contribution in [3.63, 3.8) is 0 Å². The van der Waals surface area contributed by atoms with Crippen LogP contribution in [0.25, 0.3) is 11.3 Å². The van der Waals surface area contributed by atoms with Gasteiger partial charge < -0.3 is 4.74 Å². The van der Waals surface area contributed by atoms with Gasteiger partial charge in [-0.1, -0.05) is 12.1 Å². The fourth-order valence-electron chi connectivity index (χ4n) is 2.91. The van der Waals surface area contributed by atoms with Crippen molar-refractivity contribution in [2.45, 2.75) is 19.4 Å². The molecule has 3 aromatic rings. The Morgan fingerprint density at radius 3 is 2.86 bits per heavy atom. The normalized spacial score (nSPS) is 12.9. The number of pyridine rings is 1. The summed E-state index contributed by atoms with van der Waals surface area (Å²) in [6.45, 7) is 1.68. The molecule has 1 aromatic carbocycles. The van der Waals surface area contributed by atoms with Gasteiger partial charge in [0.25, 0.3) is 0 Å². The Kier molecular flexibility index (Phi) is 3.35. The van der Waals surface area contributed by atoms with E-state index in [4.69, 9.17) is 4.74 Å². The zero-order chi connectivity index (χ0) is 14.8. The maximum absolute atomic E-state index is 5.56. The Hall–Kier alpha value is -2.62. The Balaban J connectivity index is 1.52. The minimum Gasteiger partial charge on any atom is -0.493 e. The van der Waals surface area contributed by atoms with Crippen LogP contribution in [0.3, 0.4) is 0 Å². The number of ether oxygens (including phenoxy) is 1. The van der Waals surface area contributed by atoms with Crippen LogP contribution in [0.4, 0.5) is 0 Å². The molecule has 0 fully saturated rings. The van der Waals surface area contributed by atoms with Crippen molar-refractivity contribution in [2.75, 3.05) is 6.61 Å². The second-order valence-electron chi connectivity index (χ2n) is 5.47. The third kappa shape index (κ3) is 2.48. The van der Waals surface area contributed by atoms with Crippen LogP contribution in [-0.2, 0) is 19.4 Å². The number of aromatic nitrogens is 3. The van der Waals surface area contributed by atoms with E-state index in [1.807, 2.05) is 36.8 Å². The first-order valence-corrected chi connectivity index (χ1v) is 7.57. The second-order valence-corrected chi connectivity index (χ2v) is 5.47. The second kappa shape index (κ2) is 5.64. The van der Waals surface area contributed by atoms with Crippen LogP contribution >= 0.6 is 0 Å². The predicted molar refractivity (Wildman–Crippen MR) is 84.8 cm³/mol. The summed E-state index contributed by atoms with van der Waals surface area (Å²) in [5.41, 5.74) is 4.94. The van der Waals surface area contributed by atoms with Gasteiger partial charge in [-0.2, -0.15) is 5.10 Å². The number of hydrogen-bond acceptors (Lipinski definition) is 3. The Morgan fingerprint density at radius 1 is 1.05 bits per heavy atom. The van der Waals surface area contributed by atoms with Crippen molar-refractivity contribution in [1.82, 2.24) is 14.8 Å². The molecular weight excluding hydrogens is 274 g/mol. The molecule has 1 aliphatic heterocycles. The Morgan fingerprint density at radius 2 is 1.95 bits per heavy atom. The topological polar surface area (TPSA) is 39.9 Å². The van der Waals surface area contributed by atoms with E-state index in [1.165, 1.54) is 11.1 Å². The molecule has 2 aromatic heterocycles. The average molecular weight is 291 g/mol. The van der Waals surface area contributed by atoms with Crippen molar-refractivity contribution in [3.05, 3.63) is 66.1 Å². The van der Waals surface area contributed by atoms with Crippen LogP contribution < -0.4 is 4.74 Å². The van der Waals surface area contributed by atoms with Crippen molar-refractivity contribution in [2.24, 2.45) is 0 Å². The van der Waals surface area contributed by atoms with Crippen molar-refractivity contribution in [1.29, 1.82) is 0 Å². The highest BCUT2D eigenvalue weighted by Crippen LogP contribution is 2.26. The lowest BCUT2D eigenvalue weighted by molar-refractivity contribution is 0.357. The lowest BCUT2D eigenvalue weighted by atomic mass is 10.1. The summed E-state index contributed by atoms with van der Waals surface area (Å²) >= 11 is 0. The van der Waals surface area contributed by atoms with Gasteiger partial charge in [-0.25, -0.2) is 0 Å². The maximum atomic E-state index is 5.56. The molecule has 110 valence electrons. The summed E-state index contributed by atoms with van der Waals surface area (Å²) in [5, 5.41) is 4.45. The van der Waals surface area contributed by atoms with Crippen LogP contribution in [0.5, 0.6) is 5.75 Å². The summed E-state index contributed by atoms with van der Waals surface area (Å²) < 4.78 is 7.61. The first-order chi connectivity index (χ1) is 10.9. The standard InChI is InChI=1S/C18H17N3O/c1-2-18-16(7-12-22-18)13-14(1)6-11-21-17(5-10-20-21)15-3-8-19-9-4-15/h1-5,8-10,13H,6-7,11-12H2. The van der Waals surface area contributed by atoms with Gasteiger partial charge in [-0.15, -0.1) is 0 Å². The zero-order valence-electron chi connectivity index (χ0n) is 12.3. The van der Waals surface area contributed by atoms with E-state index >= 15 is 0 Å². The number of rotatable bonds is 4. The predicted octanol–water partition coefficient (Wildman–Crippen LogP) is 3.12.